The van der Waals surface area contributed by atoms with Crippen LogP contribution in [0.15, 0.2) is 48.7 Å². The van der Waals surface area contributed by atoms with Crippen molar-refractivity contribution < 1.29 is 0 Å². The van der Waals surface area contributed by atoms with Crippen molar-refractivity contribution in [1.82, 2.24) is 4.90 Å². The van der Waals surface area contributed by atoms with Gasteiger partial charge in [-0.25, -0.2) is 0 Å². The molecule has 0 aromatic carbocycles. The lowest BCUT2D eigenvalue weighted by Gasteiger charge is -2.11. The second-order valence-electron chi connectivity index (χ2n) is 2.88. The second-order valence-corrected chi connectivity index (χ2v) is 2.88. The maximum absolute atomic E-state index is 3.79. The number of allylic oxidation sites excluding steroid dienone is 4. The monoisotopic (exact) mass is 161 g/mol. The van der Waals surface area contributed by atoms with Gasteiger partial charge >= 0.3 is 0 Å². The molecule has 0 aromatic rings. The first kappa shape index (κ1) is 8.85. The fraction of sp³-hybridized carbons (Fsp3) is 0.273. The van der Waals surface area contributed by atoms with E-state index < -0.39 is 0 Å². The van der Waals surface area contributed by atoms with Crippen LogP contribution in [-0.2, 0) is 0 Å². The van der Waals surface area contributed by atoms with Gasteiger partial charge in [-0.1, -0.05) is 31.4 Å². The van der Waals surface area contributed by atoms with Gasteiger partial charge in [-0.05, 0) is 18.1 Å². The lowest BCUT2D eigenvalue weighted by Crippen LogP contribution is -2.10. The summed E-state index contributed by atoms with van der Waals surface area (Å²) in [7, 11) is 2.09. The highest BCUT2D eigenvalue weighted by atomic mass is 15.1. The Balaban J connectivity index is 2.85. The molecule has 0 amide bonds. The van der Waals surface area contributed by atoms with E-state index in [1.54, 1.807) is 6.08 Å². The Bertz CT molecular complexity index is 246. The van der Waals surface area contributed by atoms with Crippen molar-refractivity contribution >= 4 is 0 Å². The van der Waals surface area contributed by atoms with Crippen LogP contribution in [0.3, 0.4) is 0 Å². The van der Waals surface area contributed by atoms with Crippen LogP contribution in [0.2, 0.25) is 0 Å². The molecule has 1 nitrogen and oxygen atoms in total. The van der Waals surface area contributed by atoms with Crippen molar-refractivity contribution in [3.8, 4) is 0 Å². The average molecular weight is 161 g/mol. The maximum atomic E-state index is 3.79. The molecule has 1 aliphatic heterocycles. The highest BCUT2D eigenvalue weighted by Crippen LogP contribution is 2.22. The van der Waals surface area contributed by atoms with Crippen LogP contribution in [0.5, 0.6) is 0 Å². The van der Waals surface area contributed by atoms with E-state index in [0.717, 1.165) is 13.0 Å². The molecule has 0 bridgehead atoms. The summed E-state index contributed by atoms with van der Waals surface area (Å²) >= 11 is 0. The minimum absolute atomic E-state index is 1.10. The third-order valence-corrected chi connectivity index (χ3v) is 2.08. The third-order valence-electron chi connectivity index (χ3n) is 2.08. The topological polar surface area (TPSA) is 3.24 Å². The van der Waals surface area contributed by atoms with Crippen molar-refractivity contribution in [2.24, 2.45) is 0 Å². The van der Waals surface area contributed by atoms with Gasteiger partial charge in [-0.2, -0.15) is 0 Å². The highest BCUT2D eigenvalue weighted by Gasteiger charge is 2.13. The smallest absolute Gasteiger partial charge is 0.0390 e. The molecule has 1 aliphatic rings. The molecule has 0 radical (unpaired) electrons. The van der Waals surface area contributed by atoms with Gasteiger partial charge in [0.2, 0.25) is 0 Å². The van der Waals surface area contributed by atoms with Crippen molar-refractivity contribution in [3.63, 3.8) is 0 Å². The van der Waals surface area contributed by atoms with Gasteiger partial charge in [0.05, 0.1) is 0 Å². The lowest BCUT2D eigenvalue weighted by atomic mass is 10.2. The van der Waals surface area contributed by atoms with Crippen molar-refractivity contribution in [2.75, 3.05) is 13.6 Å². The molecule has 1 heterocycles. The molecule has 0 saturated carbocycles. The van der Waals surface area contributed by atoms with Crippen LogP contribution in [-0.4, -0.2) is 18.5 Å². The molecule has 0 fully saturated rings. The van der Waals surface area contributed by atoms with Crippen LogP contribution >= 0.6 is 0 Å². The first-order valence-electron chi connectivity index (χ1n) is 4.15. The van der Waals surface area contributed by atoms with E-state index in [1.807, 2.05) is 12.2 Å². The van der Waals surface area contributed by atoms with Gasteiger partial charge in [-0.3, -0.25) is 0 Å². The zero-order chi connectivity index (χ0) is 8.97. The summed E-state index contributed by atoms with van der Waals surface area (Å²) in [6, 6.07) is 0. The SMILES string of the molecule is C=C/C=C\C1=C(C=C)N(C)CC1. The summed E-state index contributed by atoms with van der Waals surface area (Å²) in [5.74, 6) is 0. The van der Waals surface area contributed by atoms with Crippen LogP contribution in [0.25, 0.3) is 0 Å². The van der Waals surface area contributed by atoms with E-state index in [-0.39, 0.29) is 0 Å². The molecule has 0 spiro atoms. The van der Waals surface area contributed by atoms with Crippen molar-refractivity contribution in [2.45, 2.75) is 6.42 Å². The summed E-state index contributed by atoms with van der Waals surface area (Å²) in [5.41, 5.74) is 2.60. The minimum Gasteiger partial charge on any atom is -0.374 e. The molecule has 0 aliphatic carbocycles. The predicted octanol–water partition coefficient (Wildman–Crippen LogP) is 2.50. The van der Waals surface area contributed by atoms with Crippen LogP contribution in [0.1, 0.15) is 6.42 Å². The number of hydrogen-bond acceptors (Lipinski definition) is 1. The minimum atomic E-state index is 1.10. The number of rotatable bonds is 3. The number of likely N-dealkylation sites (N-methyl/N-ethyl adjacent to an activating group) is 1. The molecule has 0 atom stereocenters. The Morgan fingerprint density at radius 3 is 2.75 bits per heavy atom. The van der Waals surface area contributed by atoms with Gasteiger partial charge < -0.3 is 4.90 Å². The molecular weight excluding hydrogens is 146 g/mol. The largest absolute Gasteiger partial charge is 0.374 e. The Kier molecular flexibility index (Phi) is 2.92. The quantitative estimate of drug-likeness (QED) is 0.575. The molecule has 1 heteroatoms. The predicted molar refractivity (Wildman–Crippen MR) is 53.8 cm³/mol. The normalized spacial score (nSPS) is 17.6. The van der Waals surface area contributed by atoms with Gasteiger partial charge in [0.15, 0.2) is 0 Å². The first-order chi connectivity index (χ1) is 5.79. The summed E-state index contributed by atoms with van der Waals surface area (Å²) in [6.45, 7) is 8.53. The van der Waals surface area contributed by atoms with Crippen molar-refractivity contribution in [3.05, 3.63) is 48.7 Å². The Morgan fingerprint density at radius 2 is 2.17 bits per heavy atom. The Labute approximate surface area is 74.4 Å². The highest BCUT2D eigenvalue weighted by molar-refractivity contribution is 5.35. The molecule has 12 heavy (non-hydrogen) atoms. The zero-order valence-electron chi connectivity index (χ0n) is 7.59. The Morgan fingerprint density at radius 1 is 1.42 bits per heavy atom. The molecular formula is C11H15N. The van der Waals surface area contributed by atoms with Gasteiger partial charge in [-0.15, -0.1) is 0 Å². The Hall–Kier alpha value is -1.24. The van der Waals surface area contributed by atoms with Gasteiger partial charge in [0, 0.05) is 19.3 Å². The molecule has 64 valence electrons. The third kappa shape index (κ3) is 1.67. The lowest BCUT2D eigenvalue weighted by molar-refractivity contribution is 0.472. The first-order valence-corrected chi connectivity index (χ1v) is 4.15. The van der Waals surface area contributed by atoms with E-state index in [0.29, 0.717) is 0 Å². The van der Waals surface area contributed by atoms with Gasteiger partial charge in [0.1, 0.15) is 0 Å². The summed E-state index contributed by atoms with van der Waals surface area (Å²) in [6.07, 6.45) is 8.90. The summed E-state index contributed by atoms with van der Waals surface area (Å²) in [4.78, 5) is 2.22. The van der Waals surface area contributed by atoms with Crippen LogP contribution < -0.4 is 0 Å². The molecule has 1 rings (SSSR count). The molecule has 0 aromatic heterocycles. The van der Waals surface area contributed by atoms with E-state index in [4.69, 9.17) is 0 Å². The van der Waals surface area contributed by atoms with E-state index in [9.17, 15) is 0 Å². The fourth-order valence-electron chi connectivity index (χ4n) is 1.42. The van der Waals surface area contributed by atoms with Crippen LogP contribution in [0, 0.1) is 0 Å². The fourth-order valence-corrected chi connectivity index (χ4v) is 1.42. The molecule has 0 saturated heterocycles. The van der Waals surface area contributed by atoms with E-state index >= 15 is 0 Å². The number of nitrogens with zero attached hydrogens (tertiary/aromatic N) is 1. The summed E-state index contributed by atoms with van der Waals surface area (Å²) < 4.78 is 0. The average Bonchev–Trinajstić information content (AvgIpc) is 2.43. The maximum Gasteiger partial charge on any atom is 0.0390 e. The van der Waals surface area contributed by atoms with E-state index in [2.05, 4.69) is 31.2 Å². The standard InChI is InChI=1S/C11H15N/c1-4-6-7-10-8-9-12(3)11(10)5-2/h4-7H,1-2,8-9H2,3H3/b7-6-. The van der Waals surface area contributed by atoms with Gasteiger partial charge in [0.25, 0.3) is 0 Å². The molecule has 0 unspecified atom stereocenters. The van der Waals surface area contributed by atoms with Crippen LogP contribution in [0.4, 0.5) is 0 Å². The molecule has 0 N–H and O–H groups in total. The van der Waals surface area contributed by atoms with Crippen molar-refractivity contribution in [1.29, 1.82) is 0 Å². The number of hydrogen-bond donors (Lipinski definition) is 0. The van der Waals surface area contributed by atoms with E-state index in [1.165, 1.54) is 11.3 Å². The summed E-state index contributed by atoms with van der Waals surface area (Å²) in [5, 5.41) is 0. The second kappa shape index (κ2) is 3.96. The zero-order valence-corrected chi connectivity index (χ0v) is 7.59.